The number of nitrogens with one attached hydrogen (secondary N) is 1. The number of para-hydroxylation sites is 1. The highest BCUT2D eigenvalue weighted by Crippen LogP contribution is 2.22. The Bertz CT molecular complexity index is 545. The van der Waals surface area contributed by atoms with Crippen molar-refractivity contribution in [3.63, 3.8) is 0 Å². The number of fused-ring (bicyclic) bond motifs is 1. The molecule has 1 saturated heterocycles. The molecule has 1 atom stereocenters. The minimum Gasteiger partial charge on any atom is -0.357 e. The van der Waals surface area contributed by atoms with E-state index >= 15 is 0 Å². The van der Waals surface area contributed by atoms with Crippen molar-refractivity contribution in [3.8, 4) is 0 Å². The maximum absolute atomic E-state index is 11.8. The van der Waals surface area contributed by atoms with Gasteiger partial charge in [0.05, 0.1) is 6.54 Å². The second kappa shape index (κ2) is 4.65. The number of likely N-dealkylation sites (tertiary alicyclic amines) is 1. The molecule has 3 nitrogen and oxygen atoms in total. The van der Waals surface area contributed by atoms with Gasteiger partial charge in [0, 0.05) is 30.1 Å². The van der Waals surface area contributed by atoms with Crippen molar-refractivity contribution in [3.05, 3.63) is 36.0 Å². The first kappa shape index (κ1) is 11.6. The number of hydrogen-bond acceptors (Lipinski definition) is 1. The molecule has 18 heavy (non-hydrogen) atoms. The molecule has 1 N–H and O–H groups in total. The number of amides is 1. The van der Waals surface area contributed by atoms with Crippen molar-refractivity contribution < 1.29 is 4.79 Å². The van der Waals surface area contributed by atoms with Gasteiger partial charge in [-0.25, -0.2) is 0 Å². The molecule has 4 heteroatoms. The zero-order valence-corrected chi connectivity index (χ0v) is 10.8. The number of hydrogen-bond donors (Lipinski definition) is 1. The number of rotatable bonds is 3. The standard InChI is InChI=1S/C14H15ClN2O/c15-7-10-5-14(18)17(8-10)9-12-6-11-3-1-2-4-13(11)16-12/h1-4,6,10,16H,5,7-9H2. The molecule has 2 heterocycles. The monoisotopic (exact) mass is 262 g/mol. The first-order valence-electron chi connectivity index (χ1n) is 6.16. The molecule has 1 unspecified atom stereocenters. The van der Waals surface area contributed by atoms with Crippen LogP contribution < -0.4 is 0 Å². The predicted octanol–water partition coefficient (Wildman–Crippen LogP) is 2.76. The fourth-order valence-electron chi connectivity index (χ4n) is 2.53. The Morgan fingerprint density at radius 2 is 2.22 bits per heavy atom. The van der Waals surface area contributed by atoms with E-state index in [1.54, 1.807) is 0 Å². The van der Waals surface area contributed by atoms with Crippen LogP contribution in [0, 0.1) is 5.92 Å². The fraction of sp³-hybridized carbons (Fsp3) is 0.357. The van der Waals surface area contributed by atoms with Gasteiger partial charge in [0.15, 0.2) is 0 Å². The van der Waals surface area contributed by atoms with Crippen molar-refractivity contribution in [2.75, 3.05) is 12.4 Å². The van der Waals surface area contributed by atoms with E-state index in [0.29, 0.717) is 24.8 Å². The van der Waals surface area contributed by atoms with E-state index in [2.05, 4.69) is 17.1 Å². The Hall–Kier alpha value is -1.48. The minimum absolute atomic E-state index is 0.208. The van der Waals surface area contributed by atoms with Gasteiger partial charge >= 0.3 is 0 Å². The highest BCUT2D eigenvalue weighted by atomic mass is 35.5. The van der Waals surface area contributed by atoms with Crippen LogP contribution in [0.3, 0.4) is 0 Å². The topological polar surface area (TPSA) is 36.1 Å². The summed E-state index contributed by atoms with van der Waals surface area (Å²) in [6, 6.07) is 10.3. The van der Waals surface area contributed by atoms with E-state index in [9.17, 15) is 4.79 Å². The number of carbonyl (C=O) groups is 1. The van der Waals surface area contributed by atoms with Crippen LogP contribution in [0.5, 0.6) is 0 Å². The number of benzene rings is 1. The van der Waals surface area contributed by atoms with Gasteiger partial charge in [-0.15, -0.1) is 11.6 Å². The molecule has 0 bridgehead atoms. The smallest absolute Gasteiger partial charge is 0.223 e. The lowest BCUT2D eigenvalue weighted by atomic mass is 10.1. The van der Waals surface area contributed by atoms with E-state index in [0.717, 1.165) is 17.8 Å². The van der Waals surface area contributed by atoms with E-state index in [1.165, 1.54) is 5.39 Å². The number of aromatic nitrogens is 1. The maximum Gasteiger partial charge on any atom is 0.223 e. The number of H-pyrrole nitrogens is 1. The third kappa shape index (κ3) is 2.10. The minimum atomic E-state index is 0.208. The van der Waals surface area contributed by atoms with E-state index in [-0.39, 0.29) is 5.91 Å². The van der Waals surface area contributed by atoms with Crippen molar-refractivity contribution in [1.29, 1.82) is 0 Å². The van der Waals surface area contributed by atoms with Crippen LogP contribution in [0.4, 0.5) is 0 Å². The lowest BCUT2D eigenvalue weighted by Crippen LogP contribution is -2.24. The molecule has 94 valence electrons. The first-order valence-corrected chi connectivity index (χ1v) is 6.70. The summed E-state index contributed by atoms with van der Waals surface area (Å²) in [5.41, 5.74) is 2.20. The Morgan fingerprint density at radius 3 is 2.94 bits per heavy atom. The summed E-state index contributed by atoms with van der Waals surface area (Å²) in [5.74, 6) is 1.08. The van der Waals surface area contributed by atoms with Gasteiger partial charge in [-0.2, -0.15) is 0 Å². The van der Waals surface area contributed by atoms with Crippen molar-refractivity contribution in [1.82, 2.24) is 9.88 Å². The lowest BCUT2D eigenvalue weighted by Gasteiger charge is -2.14. The Balaban J connectivity index is 1.78. The van der Waals surface area contributed by atoms with Crippen molar-refractivity contribution in [2.45, 2.75) is 13.0 Å². The van der Waals surface area contributed by atoms with Crippen molar-refractivity contribution in [2.24, 2.45) is 5.92 Å². The molecule has 0 aliphatic carbocycles. The highest BCUT2D eigenvalue weighted by molar-refractivity contribution is 6.18. The van der Waals surface area contributed by atoms with Crippen LogP contribution in [-0.4, -0.2) is 28.2 Å². The molecule has 1 aliphatic rings. The highest BCUT2D eigenvalue weighted by Gasteiger charge is 2.28. The molecule has 1 fully saturated rings. The van der Waals surface area contributed by atoms with Gasteiger partial charge < -0.3 is 9.88 Å². The largest absolute Gasteiger partial charge is 0.357 e. The lowest BCUT2D eigenvalue weighted by molar-refractivity contribution is -0.128. The van der Waals surface area contributed by atoms with Crippen LogP contribution >= 0.6 is 11.6 Å². The Kier molecular flexibility index (Phi) is 3.00. The summed E-state index contributed by atoms with van der Waals surface area (Å²) < 4.78 is 0. The molecule has 1 aliphatic heterocycles. The van der Waals surface area contributed by atoms with Gasteiger partial charge in [-0.1, -0.05) is 18.2 Å². The van der Waals surface area contributed by atoms with Gasteiger partial charge in [-0.3, -0.25) is 4.79 Å². The molecule has 1 aromatic heterocycles. The predicted molar refractivity (Wildman–Crippen MR) is 72.5 cm³/mol. The normalized spacial score (nSPS) is 19.9. The summed E-state index contributed by atoms with van der Waals surface area (Å²) in [6.45, 7) is 1.43. The molecule has 0 radical (unpaired) electrons. The average Bonchev–Trinajstić information content (AvgIpc) is 2.93. The summed E-state index contributed by atoms with van der Waals surface area (Å²) in [4.78, 5) is 17.1. The molecular weight excluding hydrogens is 248 g/mol. The Morgan fingerprint density at radius 1 is 1.39 bits per heavy atom. The SMILES string of the molecule is O=C1CC(CCl)CN1Cc1cc2ccccc2[nH]1. The second-order valence-corrected chi connectivity index (χ2v) is 5.19. The van der Waals surface area contributed by atoms with Gasteiger partial charge in [0.2, 0.25) is 5.91 Å². The number of carbonyl (C=O) groups excluding carboxylic acids is 1. The quantitative estimate of drug-likeness (QED) is 0.849. The number of nitrogens with zero attached hydrogens (tertiary/aromatic N) is 1. The van der Waals surface area contributed by atoms with Crippen LogP contribution in [0.1, 0.15) is 12.1 Å². The molecule has 2 aromatic rings. The zero-order valence-electron chi connectivity index (χ0n) is 10.0. The van der Waals surface area contributed by atoms with Gasteiger partial charge in [0.1, 0.15) is 0 Å². The third-order valence-corrected chi connectivity index (χ3v) is 3.90. The molecule has 0 saturated carbocycles. The summed E-state index contributed by atoms with van der Waals surface area (Å²) in [6.07, 6.45) is 0.587. The van der Waals surface area contributed by atoms with Crippen LogP contribution in [0.15, 0.2) is 30.3 Å². The number of halogens is 1. The first-order chi connectivity index (χ1) is 8.76. The fourth-order valence-corrected chi connectivity index (χ4v) is 2.74. The van der Waals surface area contributed by atoms with Crippen LogP contribution in [0.2, 0.25) is 0 Å². The number of aromatic amines is 1. The maximum atomic E-state index is 11.8. The van der Waals surface area contributed by atoms with E-state index in [1.807, 2.05) is 23.1 Å². The molecule has 1 amide bonds. The third-order valence-electron chi connectivity index (χ3n) is 3.46. The molecule has 3 rings (SSSR count). The van der Waals surface area contributed by atoms with Crippen LogP contribution in [-0.2, 0) is 11.3 Å². The molecular formula is C14H15ClN2O. The second-order valence-electron chi connectivity index (χ2n) is 4.88. The zero-order chi connectivity index (χ0) is 12.5. The van der Waals surface area contributed by atoms with Crippen molar-refractivity contribution >= 4 is 28.4 Å². The van der Waals surface area contributed by atoms with Gasteiger partial charge in [0.25, 0.3) is 0 Å². The number of alkyl halides is 1. The Labute approximate surface area is 111 Å². The van der Waals surface area contributed by atoms with Crippen LogP contribution in [0.25, 0.3) is 10.9 Å². The summed E-state index contributed by atoms with van der Waals surface area (Å²) in [7, 11) is 0. The van der Waals surface area contributed by atoms with E-state index in [4.69, 9.17) is 11.6 Å². The molecule has 1 aromatic carbocycles. The van der Waals surface area contributed by atoms with Gasteiger partial charge in [-0.05, 0) is 23.4 Å². The average molecular weight is 263 g/mol. The summed E-state index contributed by atoms with van der Waals surface area (Å²) >= 11 is 5.82. The van der Waals surface area contributed by atoms with E-state index < -0.39 is 0 Å². The molecule has 0 spiro atoms. The summed E-state index contributed by atoms with van der Waals surface area (Å²) in [5, 5.41) is 1.19.